The average Bonchev–Trinajstić information content (AvgIpc) is 2.54. The molecule has 0 radical (unpaired) electrons. The van der Waals surface area contributed by atoms with Gasteiger partial charge in [0.15, 0.2) is 0 Å². The van der Waals surface area contributed by atoms with Gasteiger partial charge < -0.3 is 5.73 Å². The topological polar surface area (TPSA) is 62.7 Å². The first kappa shape index (κ1) is 15.3. The molecule has 1 aromatic heterocycles. The number of aromatic nitrogens is 1. The molecule has 0 aliphatic heterocycles. The van der Waals surface area contributed by atoms with E-state index in [9.17, 15) is 5.26 Å². The number of nitrogens with two attached hydrogens (primary N) is 1. The monoisotopic (exact) mass is 363 g/mol. The largest absolute Gasteiger partial charge is 0.383 e. The van der Waals surface area contributed by atoms with Crippen LogP contribution in [0.4, 0.5) is 5.82 Å². The number of rotatable bonds is 2. The Morgan fingerprint density at radius 3 is 2.52 bits per heavy atom. The predicted molar refractivity (Wildman–Crippen MR) is 96.7 cm³/mol. The minimum atomic E-state index is 0.247. The van der Waals surface area contributed by atoms with Crippen LogP contribution in [0.2, 0.25) is 0 Å². The van der Waals surface area contributed by atoms with Gasteiger partial charge in [0.25, 0.3) is 0 Å². The highest BCUT2D eigenvalue weighted by Gasteiger charge is 2.15. The zero-order valence-electron chi connectivity index (χ0n) is 12.5. The second-order valence-corrected chi connectivity index (χ2v) is 6.13. The molecule has 0 aliphatic rings. The van der Waals surface area contributed by atoms with Crippen molar-refractivity contribution in [1.82, 2.24) is 4.98 Å². The summed E-state index contributed by atoms with van der Waals surface area (Å²) in [5.41, 5.74) is 11.0. The predicted octanol–water partition coefficient (Wildman–Crippen LogP) is 4.94. The molecule has 0 aliphatic carbocycles. The maximum atomic E-state index is 9.47. The molecule has 0 amide bonds. The standard InChI is InChI=1S/C19H14BrN3/c1-12-5-4-6-13(9-12)18-10-15(16(11-21)19(22)23-18)14-7-2-3-8-17(14)20/h2-10H,1H3,(H2,22,23). The third kappa shape index (κ3) is 2.96. The fraction of sp³-hybridized carbons (Fsp3) is 0.0526. The molecule has 112 valence electrons. The van der Waals surface area contributed by atoms with E-state index in [-0.39, 0.29) is 5.82 Å². The first-order valence-corrected chi connectivity index (χ1v) is 7.92. The van der Waals surface area contributed by atoms with Gasteiger partial charge in [-0.15, -0.1) is 0 Å². The van der Waals surface area contributed by atoms with E-state index in [1.54, 1.807) is 0 Å². The lowest BCUT2D eigenvalue weighted by molar-refractivity contribution is 1.30. The summed E-state index contributed by atoms with van der Waals surface area (Å²) in [4.78, 5) is 4.41. The molecular formula is C19H14BrN3. The number of pyridine rings is 1. The summed E-state index contributed by atoms with van der Waals surface area (Å²) in [6.07, 6.45) is 0. The number of anilines is 1. The molecule has 3 nitrogen and oxygen atoms in total. The van der Waals surface area contributed by atoms with Crippen molar-refractivity contribution >= 4 is 21.7 Å². The molecule has 2 N–H and O–H groups in total. The van der Waals surface area contributed by atoms with Crippen LogP contribution in [-0.4, -0.2) is 4.98 Å². The fourth-order valence-electron chi connectivity index (χ4n) is 2.53. The number of aryl methyl sites for hydroxylation is 1. The van der Waals surface area contributed by atoms with E-state index in [2.05, 4.69) is 33.0 Å². The molecule has 0 bridgehead atoms. The zero-order valence-corrected chi connectivity index (χ0v) is 14.1. The number of nitriles is 1. The van der Waals surface area contributed by atoms with Crippen molar-refractivity contribution in [3.63, 3.8) is 0 Å². The number of benzene rings is 2. The molecular weight excluding hydrogens is 350 g/mol. The van der Waals surface area contributed by atoms with Gasteiger partial charge >= 0.3 is 0 Å². The lowest BCUT2D eigenvalue weighted by Gasteiger charge is -2.12. The Kier molecular flexibility index (Phi) is 4.14. The van der Waals surface area contributed by atoms with Crippen molar-refractivity contribution in [3.8, 4) is 28.5 Å². The number of hydrogen-bond acceptors (Lipinski definition) is 3. The quantitative estimate of drug-likeness (QED) is 0.701. The molecule has 0 spiro atoms. The normalized spacial score (nSPS) is 10.3. The van der Waals surface area contributed by atoms with Crippen molar-refractivity contribution in [2.75, 3.05) is 5.73 Å². The van der Waals surface area contributed by atoms with Gasteiger partial charge in [0, 0.05) is 15.6 Å². The van der Waals surface area contributed by atoms with E-state index in [1.165, 1.54) is 0 Å². The number of hydrogen-bond donors (Lipinski definition) is 1. The Balaban J connectivity index is 2.27. The Morgan fingerprint density at radius 1 is 1.04 bits per heavy atom. The third-order valence-corrected chi connectivity index (χ3v) is 4.33. The maximum absolute atomic E-state index is 9.47. The van der Waals surface area contributed by atoms with E-state index < -0.39 is 0 Å². The Bertz CT molecular complexity index is 926. The lowest BCUT2D eigenvalue weighted by Crippen LogP contribution is -2.00. The van der Waals surface area contributed by atoms with Crippen LogP contribution >= 0.6 is 15.9 Å². The van der Waals surface area contributed by atoms with Gasteiger partial charge in [-0.1, -0.05) is 57.9 Å². The van der Waals surface area contributed by atoms with Crippen LogP contribution in [0.15, 0.2) is 59.1 Å². The molecule has 0 saturated heterocycles. The van der Waals surface area contributed by atoms with Crippen molar-refractivity contribution in [3.05, 3.63) is 70.2 Å². The molecule has 4 heteroatoms. The molecule has 1 heterocycles. The van der Waals surface area contributed by atoms with Crippen molar-refractivity contribution in [2.45, 2.75) is 6.92 Å². The highest BCUT2D eigenvalue weighted by atomic mass is 79.9. The molecule has 2 aromatic carbocycles. The van der Waals surface area contributed by atoms with Gasteiger partial charge in [-0.25, -0.2) is 4.98 Å². The smallest absolute Gasteiger partial charge is 0.142 e. The van der Waals surface area contributed by atoms with Crippen LogP contribution in [0.1, 0.15) is 11.1 Å². The van der Waals surface area contributed by atoms with Gasteiger partial charge in [-0.05, 0) is 30.7 Å². The van der Waals surface area contributed by atoms with Gasteiger partial charge in [0.1, 0.15) is 17.5 Å². The molecule has 23 heavy (non-hydrogen) atoms. The van der Waals surface area contributed by atoms with Crippen molar-refractivity contribution in [2.24, 2.45) is 0 Å². The van der Waals surface area contributed by atoms with Crippen LogP contribution in [0, 0.1) is 18.3 Å². The highest BCUT2D eigenvalue weighted by molar-refractivity contribution is 9.10. The summed E-state index contributed by atoms with van der Waals surface area (Å²) in [6, 6.07) is 19.9. The SMILES string of the molecule is Cc1cccc(-c2cc(-c3ccccc3Br)c(C#N)c(N)n2)c1. The second-order valence-electron chi connectivity index (χ2n) is 5.28. The van der Waals surface area contributed by atoms with E-state index >= 15 is 0 Å². The first-order valence-electron chi connectivity index (χ1n) is 7.12. The molecule has 0 atom stereocenters. The van der Waals surface area contributed by atoms with Crippen molar-refractivity contribution < 1.29 is 0 Å². The van der Waals surface area contributed by atoms with Gasteiger partial charge in [-0.3, -0.25) is 0 Å². The van der Waals surface area contributed by atoms with Crippen molar-refractivity contribution in [1.29, 1.82) is 5.26 Å². The van der Waals surface area contributed by atoms with Gasteiger partial charge in [-0.2, -0.15) is 5.26 Å². The van der Waals surface area contributed by atoms with Crippen LogP contribution in [0.5, 0.6) is 0 Å². The minimum Gasteiger partial charge on any atom is -0.383 e. The molecule has 0 saturated carbocycles. The molecule has 3 aromatic rings. The van der Waals surface area contributed by atoms with Crippen LogP contribution in [-0.2, 0) is 0 Å². The van der Waals surface area contributed by atoms with E-state index in [0.717, 1.165) is 32.4 Å². The average molecular weight is 364 g/mol. The van der Waals surface area contributed by atoms with Gasteiger partial charge in [0.2, 0.25) is 0 Å². The summed E-state index contributed by atoms with van der Waals surface area (Å²) in [5, 5.41) is 9.47. The summed E-state index contributed by atoms with van der Waals surface area (Å²) < 4.78 is 0.914. The maximum Gasteiger partial charge on any atom is 0.142 e. The second kappa shape index (κ2) is 6.23. The van der Waals surface area contributed by atoms with Crippen LogP contribution in [0.25, 0.3) is 22.4 Å². The minimum absolute atomic E-state index is 0.247. The first-order chi connectivity index (χ1) is 11.1. The van der Waals surface area contributed by atoms with E-state index in [1.807, 2.05) is 55.5 Å². The summed E-state index contributed by atoms with van der Waals surface area (Å²) in [7, 11) is 0. The fourth-order valence-corrected chi connectivity index (χ4v) is 3.03. The summed E-state index contributed by atoms with van der Waals surface area (Å²) in [6.45, 7) is 2.03. The molecule has 0 fully saturated rings. The zero-order chi connectivity index (χ0) is 16.4. The molecule has 0 unspecified atom stereocenters. The lowest BCUT2D eigenvalue weighted by atomic mass is 9.98. The van der Waals surface area contributed by atoms with E-state index in [4.69, 9.17) is 5.73 Å². The van der Waals surface area contributed by atoms with Gasteiger partial charge in [0.05, 0.1) is 5.69 Å². The van der Waals surface area contributed by atoms with Crippen LogP contribution in [0.3, 0.4) is 0 Å². The summed E-state index contributed by atoms with van der Waals surface area (Å²) >= 11 is 3.54. The summed E-state index contributed by atoms with van der Waals surface area (Å²) in [5.74, 6) is 0.247. The number of halogens is 1. The van der Waals surface area contributed by atoms with E-state index in [0.29, 0.717) is 5.56 Å². The van der Waals surface area contributed by atoms with Crippen LogP contribution < -0.4 is 5.73 Å². The number of nitrogens with zero attached hydrogens (tertiary/aromatic N) is 2. The number of nitrogen functional groups attached to an aromatic ring is 1. The Hall–Kier alpha value is -2.64. The molecule has 3 rings (SSSR count). The highest BCUT2D eigenvalue weighted by Crippen LogP contribution is 2.35. The third-order valence-electron chi connectivity index (χ3n) is 3.64. The Labute approximate surface area is 143 Å². The Morgan fingerprint density at radius 2 is 1.83 bits per heavy atom.